The van der Waals surface area contributed by atoms with Crippen molar-refractivity contribution in [3.63, 3.8) is 0 Å². The Morgan fingerprint density at radius 1 is 0.591 bits per heavy atom. The van der Waals surface area contributed by atoms with Gasteiger partial charge in [-0.05, 0) is 82.0 Å². The molecule has 126 valence electrons. The first-order valence-corrected chi connectivity index (χ1v) is 11.5. The van der Waals surface area contributed by atoms with E-state index in [0.29, 0.717) is 0 Å². The zero-order valence-corrected chi connectivity index (χ0v) is 17.1. The van der Waals surface area contributed by atoms with Crippen molar-refractivity contribution in [3.8, 4) is 0 Å². The fourth-order valence-corrected chi connectivity index (χ4v) is 6.00. The standard InChI is InChI=1S/C20H32Br2/c21-18-10-6-15(7-11-18)14-20(16-4-2-1-3-5-16)17-8-12-19(22)13-9-17/h14-19H,1-13H2/b20-14+. The van der Waals surface area contributed by atoms with Gasteiger partial charge in [0.1, 0.15) is 0 Å². The molecular weight excluding hydrogens is 400 g/mol. The molecule has 22 heavy (non-hydrogen) atoms. The first-order chi connectivity index (χ1) is 10.7. The SMILES string of the molecule is BrC1CCC(/C=C(\C2CCCCC2)C2CCC(Br)CC2)CC1. The summed E-state index contributed by atoms with van der Waals surface area (Å²) >= 11 is 7.66. The van der Waals surface area contributed by atoms with Crippen molar-refractivity contribution in [2.75, 3.05) is 0 Å². The number of halogens is 2. The van der Waals surface area contributed by atoms with Crippen LogP contribution < -0.4 is 0 Å². The lowest BCUT2D eigenvalue weighted by Crippen LogP contribution is -2.23. The highest BCUT2D eigenvalue weighted by Crippen LogP contribution is 2.42. The maximum atomic E-state index is 3.84. The Balaban J connectivity index is 1.70. The molecule has 0 unspecified atom stereocenters. The van der Waals surface area contributed by atoms with Gasteiger partial charge in [0.15, 0.2) is 0 Å². The molecule has 0 radical (unpaired) electrons. The molecule has 0 saturated heterocycles. The zero-order valence-electron chi connectivity index (χ0n) is 13.9. The van der Waals surface area contributed by atoms with Crippen molar-refractivity contribution in [2.45, 2.75) is 93.1 Å². The smallest absolute Gasteiger partial charge is 0.0146 e. The summed E-state index contributed by atoms with van der Waals surface area (Å²) in [6.45, 7) is 0. The number of rotatable bonds is 3. The largest absolute Gasteiger partial charge is 0.0891 e. The molecule has 0 aromatic heterocycles. The third-order valence-electron chi connectivity index (χ3n) is 6.33. The van der Waals surface area contributed by atoms with Crippen molar-refractivity contribution in [3.05, 3.63) is 11.6 Å². The molecule has 0 aromatic carbocycles. The Morgan fingerprint density at radius 2 is 1.09 bits per heavy atom. The van der Waals surface area contributed by atoms with Crippen LogP contribution >= 0.6 is 31.9 Å². The number of allylic oxidation sites excluding steroid dienone is 2. The molecule has 3 rings (SSSR count). The normalized spacial score (nSPS) is 38.9. The van der Waals surface area contributed by atoms with Crippen molar-refractivity contribution in [2.24, 2.45) is 17.8 Å². The summed E-state index contributed by atoms with van der Waals surface area (Å²) in [5.41, 5.74) is 1.91. The van der Waals surface area contributed by atoms with Gasteiger partial charge in [-0.1, -0.05) is 62.8 Å². The molecule has 3 aliphatic rings. The van der Waals surface area contributed by atoms with Gasteiger partial charge in [0.05, 0.1) is 0 Å². The van der Waals surface area contributed by atoms with Crippen LogP contribution in [-0.2, 0) is 0 Å². The predicted octanol–water partition coefficient (Wildman–Crippen LogP) is 7.40. The predicted molar refractivity (Wildman–Crippen MR) is 104 cm³/mol. The molecular formula is C20H32Br2. The van der Waals surface area contributed by atoms with E-state index in [9.17, 15) is 0 Å². The van der Waals surface area contributed by atoms with E-state index in [4.69, 9.17) is 0 Å². The Morgan fingerprint density at radius 3 is 1.68 bits per heavy atom. The van der Waals surface area contributed by atoms with E-state index in [2.05, 4.69) is 37.9 Å². The van der Waals surface area contributed by atoms with E-state index < -0.39 is 0 Å². The van der Waals surface area contributed by atoms with E-state index in [1.54, 1.807) is 0 Å². The van der Waals surface area contributed by atoms with Crippen molar-refractivity contribution in [1.29, 1.82) is 0 Å². The molecule has 0 N–H and O–H groups in total. The summed E-state index contributed by atoms with van der Waals surface area (Å²) in [5, 5.41) is 0. The molecule has 0 heterocycles. The third-order valence-corrected chi connectivity index (χ3v) is 8.17. The van der Waals surface area contributed by atoms with E-state index in [1.165, 1.54) is 83.5 Å². The monoisotopic (exact) mass is 430 g/mol. The highest BCUT2D eigenvalue weighted by Gasteiger charge is 2.29. The van der Waals surface area contributed by atoms with Crippen LogP contribution in [0, 0.1) is 17.8 Å². The first kappa shape index (κ1) is 17.5. The van der Waals surface area contributed by atoms with Gasteiger partial charge >= 0.3 is 0 Å². The lowest BCUT2D eigenvalue weighted by Gasteiger charge is -2.35. The van der Waals surface area contributed by atoms with E-state index in [-0.39, 0.29) is 0 Å². The molecule has 3 fully saturated rings. The lowest BCUT2D eigenvalue weighted by molar-refractivity contribution is 0.323. The average Bonchev–Trinajstić information content (AvgIpc) is 2.56. The first-order valence-electron chi connectivity index (χ1n) is 9.72. The van der Waals surface area contributed by atoms with Crippen LogP contribution in [0.15, 0.2) is 11.6 Å². The zero-order chi connectivity index (χ0) is 15.4. The van der Waals surface area contributed by atoms with Gasteiger partial charge in [-0.15, -0.1) is 0 Å². The van der Waals surface area contributed by atoms with Gasteiger partial charge in [0.2, 0.25) is 0 Å². The lowest BCUT2D eigenvalue weighted by atomic mass is 9.72. The second-order valence-corrected chi connectivity index (χ2v) is 10.6. The van der Waals surface area contributed by atoms with Crippen LogP contribution in [-0.4, -0.2) is 9.65 Å². The Bertz CT molecular complexity index is 354. The second-order valence-electron chi connectivity index (χ2n) is 7.96. The quantitative estimate of drug-likeness (QED) is 0.322. The maximum absolute atomic E-state index is 3.84. The topological polar surface area (TPSA) is 0 Å². The molecule has 0 aromatic rings. The highest BCUT2D eigenvalue weighted by atomic mass is 79.9. The minimum Gasteiger partial charge on any atom is -0.0891 e. The maximum Gasteiger partial charge on any atom is 0.0146 e. The highest BCUT2D eigenvalue weighted by molar-refractivity contribution is 9.09. The Kier molecular flexibility index (Phi) is 6.93. The minimum atomic E-state index is 0.791. The number of hydrogen-bond acceptors (Lipinski definition) is 0. The molecule has 0 aliphatic heterocycles. The molecule has 0 bridgehead atoms. The summed E-state index contributed by atoms with van der Waals surface area (Å²) in [5.74, 6) is 2.73. The number of alkyl halides is 2. The van der Waals surface area contributed by atoms with Gasteiger partial charge in [0, 0.05) is 9.65 Å². The van der Waals surface area contributed by atoms with Gasteiger partial charge in [0.25, 0.3) is 0 Å². The van der Waals surface area contributed by atoms with Crippen LogP contribution in [0.3, 0.4) is 0 Å². The summed E-state index contributed by atoms with van der Waals surface area (Å²) in [6, 6.07) is 0. The summed E-state index contributed by atoms with van der Waals surface area (Å²) in [4.78, 5) is 1.58. The summed E-state index contributed by atoms with van der Waals surface area (Å²) in [6.07, 6.45) is 21.4. The molecule has 2 heteroatoms. The molecule has 0 spiro atoms. The van der Waals surface area contributed by atoms with Crippen LogP contribution in [0.2, 0.25) is 0 Å². The van der Waals surface area contributed by atoms with Gasteiger partial charge in [-0.2, -0.15) is 0 Å². The van der Waals surface area contributed by atoms with Gasteiger partial charge < -0.3 is 0 Å². The van der Waals surface area contributed by atoms with Gasteiger partial charge in [-0.25, -0.2) is 0 Å². The average molecular weight is 432 g/mol. The molecule has 3 saturated carbocycles. The molecule has 0 nitrogen and oxygen atoms in total. The second kappa shape index (κ2) is 8.70. The van der Waals surface area contributed by atoms with Crippen LogP contribution in [0.4, 0.5) is 0 Å². The van der Waals surface area contributed by atoms with Gasteiger partial charge in [-0.3, -0.25) is 0 Å². The van der Waals surface area contributed by atoms with Crippen molar-refractivity contribution >= 4 is 31.9 Å². The Labute approximate surface area is 154 Å². The number of hydrogen-bond donors (Lipinski definition) is 0. The summed E-state index contributed by atoms with van der Waals surface area (Å²) in [7, 11) is 0. The molecule has 0 amide bonds. The summed E-state index contributed by atoms with van der Waals surface area (Å²) < 4.78 is 0. The van der Waals surface area contributed by atoms with E-state index in [1.807, 2.05) is 5.57 Å². The molecule has 0 atom stereocenters. The van der Waals surface area contributed by atoms with Crippen molar-refractivity contribution < 1.29 is 0 Å². The fourth-order valence-electron chi connectivity index (χ4n) is 4.94. The third kappa shape index (κ3) is 4.85. The van der Waals surface area contributed by atoms with E-state index >= 15 is 0 Å². The molecule has 3 aliphatic carbocycles. The van der Waals surface area contributed by atoms with Crippen LogP contribution in [0.25, 0.3) is 0 Å². The minimum absolute atomic E-state index is 0.791. The Hall–Kier alpha value is 0.700. The van der Waals surface area contributed by atoms with Crippen molar-refractivity contribution in [1.82, 2.24) is 0 Å². The van der Waals surface area contributed by atoms with Crippen LogP contribution in [0.5, 0.6) is 0 Å². The van der Waals surface area contributed by atoms with E-state index in [0.717, 1.165) is 27.4 Å². The fraction of sp³-hybridized carbons (Fsp3) is 0.900. The van der Waals surface area contributed by atoms with Crippen LogP contribution in [0.1, 0.15) is 83.5 Å².